The van der Waals surface area contributed by atoms with Crippen LogP contribution in [0.4, 0.5) is 10.6 Å². The molecular formula is C21H26N6O3. The van der Waals surface area contributed by atoms with Crippen molar-refractivity contribution in [3.05, 3.63) is 36.8 Å². The molecule has 3 aromatic rings. The van der Waals surface area contributed by atoms with Gasteiger partial charge in [-0.05, 0) is 39.0 Å². The number of piperazine rings is 1. The van der Waals surface area contributed by atoms with Crippen molar-refractivity contribution in [2.24, 2.45) is 0 Å². The highest BCUT2D eigenvalue weighted by atomic mass is 16.6. The third kappa shape index (κ3) is 4.00. The molecule has 0 atom stereocenters. The van der Waals surface area contributed by atoms with Crippen LogP contribution in [0.2, 0.25) is 0 Å². The van der Waals surface area contributed by atoms with Crippen molar-refractivity contribution in [1.82, 2.24) is 24.5 Å². The maximum Gasteiger partial charge on any atom is 0.410 e. The van der Waals surface area contributed by atoms with E-state index >= 15 is 0 Å². The van der Waals surface area contributed by atoms with Gasteiger partial charge in [0, 0.05) is 44.1 Å². The summed E-state index contributed by atoms with van der Waals surface area (Å²) < 4.78 is 12.6. The molecule has 0 spiro atoms. The molecule has 9 nitrogen and oxygen atoms in total. The van der Waals surface area contributed by atoms with Crippen LogP contribution in [0.25, 0.3) is 16.8 Å². The molecule has 0 unspecified atom stereocenters. The van der Waals surface area contributed by atoms with Crippen LogP contribution >= 0.6 is 0 Å². The zero-order valence-electron chi connectivity index (χ0n) is 17.7. The molecule has 3 aromatic heterocycles. The van der Waals surface area contributed by atoms with E-state index in [9.17, 15) is 4.79 Å². The summed E-state index contributed by atoms with van der Waals surface area (Å²) in [7, 11) is 1.60. The number of amides is 1. The van der Waals surface area contributed by atoms with Gasteiger partial charge in [0.15, 0.2) is 5.65 Å². The van der Waals surface area contributed by atoms with E-state index in [0.29, 0.717) is 32.1 Å². The predicted octanol–water partition coefficient (Wildman–Crippen LogP) is 2.86. The zero-order chi connectivity index (χ0) is 21.3. The van der Waals surface area contributed by atoms with E-state index in [1.54, 1.807) is 28.9 Å². The molecule has 30 heavy (non-hydrogen) atoms. The molecule has 158 valence electrons. The van der Waals surface area contributed by atoms with Crippen molar-refractivity contribution in [1.29, 1.82) is 0 Å². The average Bonchev–Trinajstić information content (AvgIpc) is 3.15. The van der Waals surface area contributed by atoms with Gasteiger partial charge in [0.05, 0.1) is 18.9 Å². The van der Waals surface area contributed by atoms with Gasteiger partial charge in [-0.2, -0.15) is 5.10 Å². The fourth-order valence-electron chi connectivity index (χ4n) is 3.43. The van der Waals surface area contributed by atoms with Crippen LogP contribution in [0.1, 0.15) is 20.8 Å². The van der Waals surface area contributed by atoms with Gasteiger partial charge in [-0.15, -0.1) is 0 Å². The smallest absolute Gasteiger partial charge is 0.410 e. The number of carbonyl (C=O) groups excluding carboxylic acids is 1. The highest BCUT2D eigenvalue weighted by molar-refractivity contribution is 5.80. The number of nitrogens with zero attached hydrogens (tertiary/aromatic N) is 6. The number of hydrogen-bond acceptors (Lipinski definition) is 7. The number of hydrogen-bond donors (Lipinski definition) is 0. The number of aromatic nitrogens is 4. The SMILES string of the molecule is COc1ncccc1-c1cnn2ccc(N3CCN(C(=O)OC(C)(C)C)CC3)nc12. The molecule has 1 aliphatic heterocycles. The Labute approximate surface area is 175 Å². The Morgan fingerprint density at radius 3 is 2.57 bits per heavy atom. The summed E-state index contributed by atoms with van der Waals surface area (Å²) in [4.78, 5) is 25.3. The number of fused-ring (bicyclic) bond motifs is 1. The van der Waals surface area contributed by atoms with Crippen molar-refractivity contribution in [3.63, 3.8) is 0 Å². The van der Waals surface area contributed by atoms with Gasteiger partial charge in [0.2, 0.25) is 5.88 Å². The summed E-state index contributed by atoms with van der Waals surface area (Å²) in [5.41, 5.74) is 1.93. The molecule has 1 fully saturated rings. The van der Waals surface area contributed by atoms with Gasteiger partial charge in [0.25, 0.3) is 0 Å². The van der Waals surface area contributed by atoms with Crippen LogP contribution in [-0.4, -0.2) is 69.5 Å². The van der Waals surface area contributed by atoms with E-state index < -0.39 is 5.60 Å². The molecule has 1 aliphatic rings. The lowest BCUT2D eigenvalue weighted by Crippen LogP contribution is -2.50. The van der Waals surface area contributed by atoms with Crippen LogP contribution in [-0.2, 0) is 4.74 Å². The molecule has 0 radical (unpaired) electrons. The van der Waals surface area contributed by atoms with Gasteiger partial charge in [-0.1, -0.05) is 0 Å². The third-order valence-electron chi connectivity index (χ3n) is 4.86. The van der Waals surface area contributed by atoms with E-state index in [1.807, 2.05) is 45.2 Å². The van der Waals surface area contributed by atoms with Crippen molar-refractivity contribution < 1.29 is 14.3 Å². The molecule has 0 saturated carbocycles. The first-order chi connectivity index (χ1) is 14.4. The molecule has 1 amide bonds. The predicted molar refractivity (Wildman–Crippen MR) is 113 cm³/mol. The van der Waals surface area contributed by atoms with Gasteiger partial charge < -0.3 is 19.3 Å². The summed E-state index contributed by atoms with van der Waals surface area (Å²) in [5, 5.41) is 4.41. The Morgan fingerprint density at radius 1 is 1.10 bits per heavy atom. The molecule has 4 rings (SSSR count). The largest absolute Gasteiger partial charge is 0.481 e. The van der Waals surface area contributed by atoms with Gasteiger partial charge in [-0.3, -0.25) is 0 Å². The van der Waals surface area contributed by atoms with Gasteiger partial charge >= 0.3 is 6.09 Å². The van der Waals surface area contributed by atoms with Crippen molar-refractivity contribution in [3.8, 4) is 17.0 Å². The Kier molecular flexibility index (Phi) is 5.19. The quantitative estimate of drug-likeness (QED) is 0.656. The van der Waals surface area contributed by atoms with E-state index in [-0.39, 0.29) is 6.09 Å². The lowest BCUT2D eigenvalue weighted by molar-refractivity contribution is 0.0240. The Hall–Kier alpha value is -3.36. The molecule has 0 aliphatic carbocycles. The third-order valence-corrected chi connectivity index (χ3v) is 4.86. The normalized spacial score (nSPS) is 14.8. The number of anilines is 1. The van der Waals surface area contributed by atoms with Crippen molar-refractivity contribution >= 4 is 17.6 Å². The molecule has 1 saturated heterocycles. The summed E-state index contributed by atoms with van der Waals surface area (Å²) in [6.45, 7) is 8.17. The molecule has 0 N–H and O–H groups in total. The second-order valence-electron chi connectivity index (χ2n) is 8.13. The maximum atomic E-state index is 12.3. The van der Waals surface area contributed by atoms with Crippen LogP contribution in [0.5, 0.6) is 5.88 Å². The molecular weight excluding hydrogens is 384 g/mol. The minimum atomic E-state index is -0.493. The highest BCUT2D eigenvalue weighted by Gasteiger charge is 2.26. The van der Waals surface area contributed by atoms with Crippen LogP contribution < -0.4 is 9.64 Å². The zero-order valence-corrected chi connectivity index (χ0v) is 17.7. The maximum absolute atomic E-state index is 12.3. The fourth-order valence-corrected chi connectivity index (χ4v) is 3.43. The number of methoxy groups -OCH3 is 1. The second kappa shape index (κ2) is 7.81. The number of carbonyl (C=O) groups is 1. The topological polar surface area (TPSA) is 85.1 Å². The first-order valence-corrected chi connectivity index (χ1v) is 9.92. The van der Waals surface area contributed by atoms with Crippen molar-refractivity contribution in [2.45, 2.75) is 26.4 Å². The summed E-state index contributed by atoms with van der Waals surface area (Å²) in [6, 6.07) is 5.74. The standard InChI is InChI=1S/C21H26N6O3/c1-21(2,3)30-20(28)26-12-10-25(11-13-26)17-7-9-27-18(24-17)16(14-23-27)15-6-5-8-22-19(15)29-4/h5-9,14H,10-13H2,1-4H3. The average molecular weight is 410 g/mol. The molecule has 0 aromatic carbocycles. The minimum Gasteiger partial charge on any atom is -0.481 e. The highest BCUT2D eigenvalue weighted by Crippen LogP contribution is 2.31. The fraction of sp³-hybridized carbons (Fsp3) is 0.429. The van der Waals surface area contributed by atoms with E-state index in [4.69, 9.17) is 14.5 Å². The monoisotopic (exact) mass is 410 g/mol. The van der Waals surface area contributed by atoms with Gasteiger partial charge in [0.1, 0.15) is 11.4 Å². The minimum absolute atomic E-state index is 0.271. The van der Waals surface area contributed by atoms with E-state index in [2.05, 4.69) is 15.0 Å². The Bertz CT molecular complexity index is 1050. The lowest BCUT2D eigenvalue weighted by atomic mass is 10.1. The first kappa shape index (κ1) is 19.9. The number of rotatable bonds is 3. The molecule has 0 bridgehead atoms. The molecule has 9 heteroatoms. The molecule has 4 heterocycles. The Balaban J connectivity index is 1.54. The number of ether oxygens (including phenoxy) is 2. The summed E-state index contributed by atoms with van der Waals surface area (Å²) in [5.74, 6) is 1.38. The number of pyridine rings is 1. The van der Waals surface area contributed by atoms with E-state index in [1.165, 1.54) is 0 Å². The second-order valence-corrected chi connectivity index (χ2v) is 8.13. The van der Waals surface area contributed by atoms with Crippen LogP contribution in [0.3, 0.4) is 0 Å². The Morgan fingerprint density at radius 2 is 1.87 bits per heavy atom. The lowest BCUT2D eigenvalue weighted by Gasteiger charge is -2.36. The van der Waals surface area contributed by atoms with Crippen LogP contribution in [0.15, 0.2) is 36.8 Å². The van der Waals surface area contributed by atoms with Crippen molar-refractivity contribution in [2.75, 3.05) is 38.2 Å². The summed E-state index contributed by atoms with van der Waals surface area (Å²) >= 11 is 0. The summed E-state index contributed by atoms with van der Waals surface area (Å²) in [6.07, 6.45) is 5.08. The first-order valence-electron chi connectivity index (χ1n) is 9.92. The van der Waals surface area contributed by atoms with Crippen LogP contribution in [0, 0.1) is 0 Å². The van der Waals surface area contributed by atoms with Gasteiger partial charge in [-0.25, -0.2) is 19.3 Å². The van der Waals surface area contributed by atoms with E-state index in [0.717, 1.165) is 22.6 Å².